The molecule has 10 heteroatoms. The molecule has 0 bridgehead atoms. The second-order valence-corrected chi connectivity index (χ2v) is 4.54. The van der Waals surface area contributed by atoms with Crippen molar-refractivity contribution in [2.75, 3.05) is 6.61 Å². The van der Waals surface area contributed by atoms with Crippen molar-refractivity contribution in [3.8, 4) is 0 Å². The van der Waals surface area contributed by atoms with Crippen LogP contribution in [0.25, 0.3) is 0 Å². The van der Waals surface area contributed by atoms with Gasteiger partial charge in [-0.05, 0) is 6.92 Å². The van der Waals surface area contributed by atoms with E-state index in [1.165, 1.54) is 6.92 Å². The van der Waals surface area contributed by atoms with Crippen LogP contribution in [0.1, 0.15) is 6.92 Å². The van der Waals surface area contributed by atoms with Crippen LogP contribution in [0, 0.1) is 0 Å². The molecule has 0 aromatic rings. The van der Waals surface area contributed by atoms with Crippen molar-refractivity contribution in [3.63, 3.8) is 0 Å². The lowest BCUT2D eigenvalue weighted by molar-refractivity contribution is 0.159. The Bertz CT molecular complexity index is 227. The highest BCUT2D eigenvalue weighted by molar-refractivity contribution is 7.61. The smallest absolute Gasteiger partial charge is 0.302 e. The standard InChI is InChI=1S/C2H9NO7P2/c1-2-8-11(4,5)10-12(6,7)9-3/h2-3H2,1H3,(H,4,5)(H,6,7). The van der Waals surface area contributed by atoms with Gasteiger partial charge in [0.25, 0.3) is 0 Å². The molecule has 0 saturated heterocycles. The highest BCUT2D eigenvalue weighted by Gasteiger charge is 2.34. The van der Waals surface area contributed by atoms with Crippen molar-refractivity contribution < 1.29 is 32.4 Å². The molecule has 0 aliphatic carbocycles. The third-order valence-electron chi connectivity index (χ3n) is 0.632. The molecule has 0 aliphatic rings. The van der Waals surface area contributed by atoms with Gasteiger partial charge in [0.15, 0.2) is 0 Å². The zero-order chi connectivity index (χ0) is 9.83. The molecular formula is C2H9NO7P2. The van der Waals surface area contributed by atoms with E-state index in [9.17, 15) is 9.13 Å². The summed E-state index contributed by atoms with van der Waals surface area (Å²) in [5, 5.41) is 0. The van der Waals surface area contributed by atoms with Crippen molar-refractivity contribution in [2.45, 2.75) is 6.92 Å². The van der Waals surface area contributed by atoms with Gasteiger partial charge in [-0.3, -0.25) is 4.52 Å². The molecule has 4 N–H and O–H groups in total. The summed E-state index contributed by atoms with van der Waals surface area (Å²) in [7, 11) is -9.23. The highest BCUT2D eigenvalue weighted by Crippen LogP contribution is 2.59. The SMILES string of the molecule is CCOP(=O)(O)OP(=O)(O)ON. The van der Waals surface area contributed by atoms with Gasteiger partial charge in [0, 0.05) is 0 Å². The molecule has 12 heavy (non-hydrogen) atoms. The first-order valence-electron chi connectivity index (χ1n) is 2.73. The third-order valence-corrected chi connectivity index (χ3v) is 3.13. The Morgan fingerprint density at radius 3 is 2.17 bits per heavy atom. The molecule has 0 heterocycles. The van der Waals surface area contributed by atoms with Gasteiger partial charge in [-0.2, -0.15) is 4.31 Å². The minimum Gasteiger partial charge on any atom is -0.302 e. The molecule has 0 fully saturated rings. The van der Waals surface area contributed by atoms with Gasteiger partial charge in [-0.1, -0.05) is 0 Å². The van der Waals surface area contributed by atoms with E-state index >= 15 is 0 Å². The summed E-state index contributed by atoms with van der Waals surface area (Å²) in [6.45, 7) is 1.25. The van der Waals surface area contributed by atoms with Crippen molar-refractivity contribution in [2.24, 2.45) is 5.90 Å². The molecule has 2 unspecified atom stereocenters. The third kappa shape index (κ3) is 4.97. The average Bonchev–Trinajstić information content (AvgIpc) is 1.85. The van der Waals surface area contributed by atoms with Gasteiger partial charge in [0.1, 0.15) is 0 Å². The molecule has 0 aromatic carbocycles. The van der Waals surface area contributed by atoms with Crippen LogP contribution in [-0.4, -0.2) is 16.4 Å². The predicted octanol–water partition coefficient (Wildman–Crippen LogP) is 0.131. The number of hydrogen-bond donors (Lipinski definition) is 3. The van der Waals surface area contributed by atoms with Crippen LogP contribution in [0.3, 0.4) is 0 Å². The van der Waals surface area contributed by atoms with E-state index in [1.54, 1.807) is 0 Å². The van der Waals surface area contributed by atoms with Crippen LogP contribution in [0.2, 0.25) is 0 Å². The summed E-state index contributed by atoms with van der Waals surface area (Å²) in [5.74, 6) is 4.28. The first kappa shape index (κ1) is 12.2. The minimum atomic E-state index is -4.68. The Labute approximate surface area is 68.4 Å². The Morgan fingerprint density at radius 1 is 1.33 bits per heavy atom. The molecule has 0 aromatic heterocycles. The maximum Gasteiger partial charge on any atom is 0.497 e. The van der Waals surface area contributed by atoms with E-state index in [-0.39, 0.29) is 6.61 Å². The Kier molecular flexibility index (Phi) is 4.54. The van der Waals surface area contributed by atoms with Crippen LogP contribution in [0.15, 0.2) is 0 Å². The summed E-state index contributed by atoms with van der Waals surface area (Å²) in [4.78, 5) is 17.1. The fourth-order valence-electron chi connectivity index (χ4n) is 0.336. The van der Waals surface area contributed by atoms with Crippen LogP contribution in [-0.2, 0) is 22.6 Å². The maximum atomic E-state index is 10.6. The lowest BCUT2D eigenvalue weighted by atomic mass is 10.9. The summed E-state index contributed by atoms with van der Waals surface area (Å²) in [5.41, 5.74) is 0. The van der Waals surface area contributed by atoms with Gasteiger partial charge in [0.05, 0.1) is 6.61 Å². The fraction of sp³-hybridized carbons (Fsp3) is 1.00. The number of phosphoric acid groups is 2. The molecule has 0 aliphatic heterocycles. The monoisotopic (exact) mass is 221 g/mol. The van der Waals surface area contributed by atoms with E-state index < -0.39 is 15.6 Å². The van der Waals surface area contributed by atoms with Gasteiger partial charge in [0.2, 0.25) is 0 Å². The van der Waals surface area contributed by atoms with Crippen molar-refractivity contribution >= 4 is 15.6 Å². The van der Waals surface area contributed by atoms with Gasteiger partial charge < -0.3 is 9.79 Å². The molecular weight excluding hydrogens is 212 g/mol. The summed E-state index contributed by atoms with van der Waals surface area (Å²) in [6.07, 6.45) is 0. The minimum absolute atomic E-state index is 0.154. The van der Waals surface area contributed by atoms with E-state index in [0.717, 1.165) is 0 Å². The van der Waals surface area contributed by atoms with Crippen LogP contribution in [0.4, 0.5) is 0 Å². The Morgan fingerprint density at radius 2 is 1.83 bits per heavy atom. The highest BCUT2D eigenvalue weighted by atomic mass is 31.3. The van der Waals surface area contributed by atoms with E-state index in [1.807, 2.05) is 0 Å². The molecule has 0 spiro atoms. The van der Waals surface area contributed by atoms with Crippen molar-refractivity contribution in [3.05, 3.63) is 0 Å². The van der Waals surface area contributed by atoms with Gasteiger partial charge in [-0.25, -0.2) is 19.7 Å². The van der Waals surface area contributed by atoms with Crippen LogP contribution < -0.4 is 5.90 Å². The summed E-state index contributed by atoms with van der Waals surface area (Å²) in [6, 6.07) is 0. The average molecular weight is 221 g/mol. The van der Waals surface area contributed by atoms with E-state index in [4.69, 9.17) is 9.79 Å². The normalized spacial score (nSPS) is 21.3. The molecule has 0 radical (unpaired) electrons. The number of phosphoric ester groups is 1. The molecule has 8 nitrogen and oxygen atoms in total. The second kappa shape index (κ2) is 4.45. The van der Waals surface area contributed by atoms with Gasteiger partial charge in [-0.15, -0.1) is 0 Å². The molecule has 0 amide bonds. The molecule has 0 rings (SSSR count). The number of nitrogens with two attached hydrogens (primary N) is 1. The second-order valence-electron chi connectivity index (χ2n) is 1.54. The first-order valence-corrected chi connectivity index (χ1v) is 5.72. The molecule has 0 saturated carbocycles. The van der Waals surface area contributed by atoms with Crippen molar-refractivity contribution in [1.82, 2.24) is 0 Å². The van der Waals surface area contributed by atoms with Crippen LogP contribution >= 0.6 is 15.6 Å². The summed E-state index contributed by atoms with van der Waals surface area (Å²) < 4.78 is 32.2. The Hall–Kier alpha value is 0.220. The molecule has 2 atom stereocenters. The largest absolute Gasteiger partial charge is 0.497 e. The lowest BCUT2D eigenvalue weighted by Gasteiger charge is -2.12. The van der Waals surface area contributed by atoms with Gasteiger partial charge >= 0.3 is 15.6 Å². The van der Waals surface area contributed by atoms with Crippen molar-refractivity contribution in [1.29, 1.82) is 0 Å². The molecule has 74 valence electrons. The maximum absolute atomic E-state index is 10.6. The van der Waals surface area contributed by atoms with Crippen LogP contribution in [0.5, 0.6) is 0 Å². The fourth-order valence-corrected chi connectivity index (χ4v) is 2.05. The Balaban J connectivity index is 4.24. The lowest BCUT2D eigenvalue weighted by Crippen LogP contribution is -2.00. The van der Waals surface area contributed by atoms with E-state index in [0.29, 0.717) is 0 Å². The first-order chi connectivity index (χ1) is 5.33. The zero-order valence-electron chi connectivity index (χ0n) is 6.11. The zero-order valence-corrected chi connectivity index (χ0v) is 7.90. The topological polar surface area (TPSA) is 128 Å². The predicted molar refractivity (Wildman–Crippen MR) is 37.6 cm³/mol. The van der Waals surface area contributed by atoms with E-state index in [2.05, 4.69) is 19.4 Å². The number of hydrogen-bond acceptors (Lipinski definition) is 6. The number of rotatable bonds is 5. The quantitative estimate of drug-likeness (QED) is 0.441. The summed E-state index contributed by atoms with van der Waals surface area (Å²) >= 11 is 0.